The van der Waals surface area contributed by atoms with Crippen LogP contribution in [0.25, 0.3) is 0 Å². The summed E-state index contributed by atoms with van der Waals surface area (Å²) in [5, 5.41) is 3.14. The molecule has 0 saturated heterocycles. The molecule has 1 aliphatic rings. The van der Waals surface area contributed by atoms with Crippen LogP contribution in [0.1, 0.15) is 71.6 Å². The third-order valence-electron chi connectivity index (χ3n) is 4.68. The first-order valence-electron chi connectivity index (χ1n) is 8.62. The van der Waals surface area contributed by atoms with E-state index < -0.39 is 0 Å². The maximum Gasteiger partial charge on any atom is 0.220 e. The molecule has 3 nitrogen and oxygen atoms in total. The third-order valence-corrected chi connectivity index (χ3v) is 4.68. The number of nitrogens with two attached hydrogens (primary N) is 1. The van der Waals surface area contributed by atoms with Crippen LogP contribution >= 0.6 is 0 Å². The lowest BCUT2D eigenvalue weighted by Gasteiger charge is -2.26. The smallest absolute Gasteiger partial charge is 0.220 e. The van der Waals surface area contributed by atoms with Crippen molar-refractivity contribution in [2.75, 3.05) is 13.1 Å². The fourth-order valence-corrected chi connectivity index (χ4v) is 3.50. The zero-order chi connectivity index (χ0) is 14.8. The molecule has 0 spiro atoms. The quantitative estimate of drug-likeness (QED) is 0.680. The van der Waals surface area contributed by atoms with Crippen LogP contribution in [-0.4, -0.2) is 19.0 Å². The van der Waals surface area contributed by atoms with E-state index in [1.54, 1.807) is 0 Å². The molecule has 1 rings (SSSR count). The molecule has 1 fully saturated rings. The monoisotopic (exact) mass is 282 g/mol. The molecular formula is C17H34N2O. The first kappa shape index (κ1) is 17.5. The highest BCUT2D eigenvalue weighted by atomic mass is 16.1. The Morgan fingerprint density at radius 3 is 2.75 bits per heavy atom. The van der Waals surface area contributed by atoms with Crippen molar-refractivity contribution >= 4 is 5.91 Å². The Labute approximate surface area is 125 Å². The van der Waals surface area contributed by atoms with Crippen LogP contribution in [0.5, 0.6) is 0 Å². The predicted molar refractivity (Wildman–Crippen MR) is 85.4 cm³/mol. The average molecular weight is 282 g/mol. The van der Waals surface area contributed by atoms with Gasteiger partial charge in [0.05, 0.1) is 0 Å². The first-order valence-corrected chi connectivity index (χ1v) is 8.62. The second-order valence-corrected chi connectivity index (χ2v) is 6.71. The Kier molecular flexibility index (Phi) is 8.92. The van der Waals surface area contributed by atoms with E-state index >= 15 is 0 Å². The molecule has 0 aromatic heterocycles. The number of carbonyl (C=O) groups excluding carboxylic acids is 1. The van der Waals surface area contributed by atoms with Gasteiger partial charge in [0.1, 0.15) is 0 Å². The molecular weight excluding hydrogens is 248 g/mol. The van der Waals surface area contributed by atoms with Crippen LogP contribution in [0.3, 0.4) is 0 Å². The van der Waals surface area contributed by atoms with Gasteiger partial charge in [0.25, 0.3) is 0 Å². The van der Waals surface area contributed by atoms with E-state index in [2.05, 4.69) is 19.2 Å². The summed E-state index contributed by atoms with van der Waals surface area (Å²) in [6, 6.07) is 0. The lowest BCUT2D eigenvalue weighted by molar-refractivity contribution is -0.121. The van der Waals surface area contributed by atoms with Crippen LogP contribution in [-0.2, 0) is 4.79 Å². The SMILES string of the molecule is CCCC(CCN)CCC(=O)NCC1CCCC(C)C1. The van der Waals surface area contributed by atoms with E-state index in [-0.39, 0.29) is 5.91 Å². The Hall–Kier alpha value is -0.570. The van der Waals surface area contributed by atoms with Crippen LogP contribution in [0.4, 0.5) is 0 Å². The van der Waals surface area contributed by atoms with E-state index in [0.29, 0.717) is 18.3 Å². The Bertz CT molecular complexity index is 251. The molecule has 3 heteroatoms. The molecule has 0 aliphatic heterocycles. The minimum Gasteiger partial charge on any atom is -0.356 e. The highest BCUT2D eigenvalue weighted by molar-refractivity contribution is 5.75. The zero-order valence-electron chi connectivity index (χ0n) is 13.5. The van der Waals surface area contributed by atoms with Gasteiger partial charge >= 0.3 is 0 Å². The maximum absolute atomic E-state index is 11.9. The van der Waals surface area contributed by atoms with Gasteiger partial charge in [-0.25, -0.2) is 0 Å². The van der Waals surface area contributed by atoms with Crippen molar-refractivity contribution in [2.24, 2.45) is 23.5 Å². The van der Waals surface area contributed by atoms with Gasteiger partial charge in [-0.2, -0.15) is 0 Å². The molecule has 3 N–H and O–H groups in total. The minimum atomic E-state index is 0.237. The van der Waals surface area contributed by atoms with Crippen LogP contribution in [0.15, 0.2) is 0 Å². The molecule has 1 amide bonds. The number of carbonyl (C=O) groups is 1. The lowest BCUT2D eigenvalue weighted by atomic mass is 9.82. The average Bonchev–Trinajstić information content (AvgIpc) is 2.43. The van der Waals surface area contributed by atoms with Gasteiger partial charge in [-0.1, -0.05) is 39.5 Å². The van der Waals surface area contributed by atoms with Gasteiger partial charge in [0, 0.05) is 13.0 Å². The van der Waals surface area contributed by atoms with Gasteiger partial charge in [-0.3, -0.25) is 4.79 Å². The van der Waals surface area contributed by atoms with Crippen LogP contribution < -0.4 is 11.1 Å². The molecule has 0 bridgehead atoms. The fraction of sp³-hybridized carbons (Fsp3) is 0.941. The van der Waals surface area contributed by atoms with Crippen molar-refractivity contribution in [1.29, 1.82) is 0 Å². The highest BCUT2D eigenvalue weighted by Crippen LogP contribution is 2.28. The van der Waals surface area contributed by atoms with E-state index in [0.717, 1.165) is 31.8 Å². The number of rotatable bonds is 9. The molecule has 118 valence electrons. The van der Waals surface area contributed by atoms with Gasteiger partial charge in [-0.15, -0.1) is 0 Å². The van der Waals surface area contributed by atoms with E-state index in [1.807, 2.05) is 0 Å². The molecule has 1 aliphatic carbocycles. The number of hydrogen-bond donors (Lipinski definition) is 2. The van der Waals surface area contributed by atoms with Crippen molar-refractivity contribution < 1.29 is 4.79 Å². The van der Waals surface area contributed by atoms with Crippen molar-refractivity contribution in [2.45, 2.75) is 71.6 Å². The van der Waals surface area contributed by atoms with E-state index in [1.165, 1.54) is 38.5 Å². The third kappa shape index (κ3) is 7.28. The summed E-state index contributed by atoms with van der Waals surface area (Å²) in [5.74, 6) is 2.41. The zero-order valence-corrected chi connectivity index (χ0v) is 13.5. The standard InChI is InChI=1S/C17H34N2O/c1-3-5-15(10-11-18)8-9-17(20)19-13-16-7-4-6-14(2)12-16/h14-16H,3-13,18H2,1-2H3,(H,19,20). The lowest BCUT2D eigenvalue weighted by Crippen LogP contribution is -2.31. The summed E-state index contributed by atoms with van der Waals surface area (Å²) in [6.45, 7) is 6.16. The van der Waals surface area contributed by atoms with Gasteiger partial charge in [-0.05, 0) is 50.0 Å². The molecule has 3 atom stereocenters. The molecule has 20 heavy (non-hydrogen) atoms. The predicted octanol–water partition coefficient (Wildman–Crippen LogP) is 3.47. The summed E-state index contributed by atoms with van der Waals surface area (Å²) in [6.07, 6.45) is 10.4. The van der Waals surface area contributed by atoms with E-state index in [9.17, 15) is 4.79 Å². The first-order chi connectivity index (χ1) is 9.65. The van der Waals surface area contributed by atoms with Gasteiger partial charge < -0.3 is 11.1 Å². The van der Waals surface area contributed by atoms with Crippen molar-refractivity contribution in [3.05, 3.63) is 0 Å². The summed E-state index contributed by atoms with van der Waals surface area (Å²) >= 11 is 0. The number of nitrogens with one attached hydrogen (secondary N) is 1. The van der Waals surface area contributed by atoms with Crippen LogP contribution in [0, 0.1) is 17.8 Å². The Morgan fingerprint density at radius 2 is 2.10 bits per heavy atom. The molecule has 3 unspecified atom stereocenters. The molecule has 0 aromatic rings. The Balaban J connectivity index is 2.15. The van der Waals surface area contributed by atoms with Gasteiger partial charge in [0.15, 0.2) is 0 Å². The van der Waals surface area contributed by atoms with Crippen molar-refractivity contribution in [3.63, 3.8) is 0 Å². The molecule has 0 radical (unpaired) electrons. The van der Waals surface area contributed by atoms with Crippen molar-refractivity contribution in [1.82, 2.24) is 5.32 Å². The topological polar surface area (TPSA) is 55.1 Å². The number of hydrogen-bond acceptors (Lipinski definition) is 2. The second kappa shape index (κ2) is 10.2. The fourth-order valence-electron chi connectivity index (χ4n) is 3.50. The largest absolute Gasteiger partial charge is 0.356 e. The summed E-state index contributed by atoms with van der Waals surface area (Å²) in [7, 11) is 0. The second-order valence-electron chi connectivity index (χ2n) is 6.71. The maximum atomic E-state index is 11.9. The number of amides is 1. The van der Waals surface area contributed by atoms with Gasteiger partial charge in [0.2, 0.25) is 5.91 Å². The molecule has 0 heterocycles. The van der Waals surface area contributed by atoms with Crippen molar-refractivity contribution in [3.8, 4) is 0 Å². The normalized spacial score (nSPS) is 24.4. The molecule has 0 aromatic carbocycles. The van der Waals surface area contributed by atoms with E-state index in [4.69, 9.17) is 5.73 Å². The summed E-state index contributed by atoms with van der Waals surface area (Å²) in [4.78, 5) is 11.9. The Morgan fingerprint density at radius 1 is 1.30 bits per heavy atom. The molecule has 1 saturated carbocycles. The highest BCUT2D eigenvalue weighted by Gasteiger charge is 2.19. The minimum absolute atomic E-state index is 0.237. The van der Waals surface area contributed by atoms with Crippen LogP contribution in [0.2, 0.25) is 0 Å². The summed E-state index contributed by atoms with van der Waals surface area (Å²) in [5.41, 5.74) is 5.63. The summed E-state index contributed by atoms with van der Waals surface area (Å²) < 4.78 is 0.